The second-order valence-corrected chi connectivity index (χ2v) is 6.22. The molecule has 0 saturated heterocycles. The summed E-state index contributed by atoms with van der Waals surface area (Å²) >= 11 is 0. The van der Waals surface area contributed by atoms with E-state index in [2.05, 4.69) is 25.1 Å². The van der Waals surface area contributed by atoms with E-state index in [0.29, 0.717) is 10.3 Å². The third-order valence-corrected chi connectivity index (χ3v) is 4.68. The Balaban J connectivity index is 2.68. The molecule has 2 aromatic rings. The molecule has 4 nitrogen and oxygen atoms in total. The highest BCUT2D eigenvalue weighted by Gasteiger charge is 2.15. The normalized spacial score (nSPS) is 12.2. The van der Waals surface area contributed by atoms with Crippen LogP contribution in [0.15, 0.2) is 30.5 Å². The van der Waals surface area contributed by atoms with Gasteiger partial charge in [0.2, 0.25) is 14.9 Å². The van der Waals surface area contributed by atoms with E-state index in [9.17, 15) is 13.6 Å². The molecule has 21 heavy (non-hydrogen) atoms. The molecule has 2 rings (SSSR count). The Hall–Kier alpha value is -2.01. The van der Waals surface area contributed by atoms with Crippen LogP contribution >= 0.6 is 0 Å². The van der Waals surface area contributed by atoms with E-state index < -0.39 is 10.3 Å². The van der Waals surface area contributed by atoms with Gasteiger partial charge in [-0.05, 0) is 49.1 Å². The fourth-order valence-corrected chi connectivity index (χ4v) is 3.37. The van der Waals surface area contributed by atoms with Crippen LogP contribution in [0.2, 0.25) is 0 Å². The van der Waals surface area contributed by atoms with Gasteiger partial charge in [0.15, 0.2) is 0 Å². The quantitative estimate of drug-likeness (QED) is 0.684. The van der Waals surface area contributed by atoms with Crippen molar-refractivity contribution in [2.45, 2.75) is 33.6 Å². The fraction of sp³-hybridized carbons (Fsp3) is 0.312. The first-order valence-electron chi connectivity index (χ1n) is 6.73. The molecule has 0 bridgehead atoms. The first-order valence-corrected chi connectivity index (χ1v) is 7.81. The highest BCUT2D eigenvalue weighted by Crippen LogP contribution is 2.29. The topological polar surface area (TPSA) is 59.3 Å². The van der Waals surface area contributed by atoms with Crippen LogP contribution in [0.5, 0.6) is 0 Å². The summed E-state index contributed by atoms with van der Waals surface area (Å²) in [5.74, 6) is 0.0501. The smallest absolute Gasteiger partial charge is 0.242 e. The highest BCUT2D eigenvalue weighted by molar-refractivity contribution is 7.63. The van der Waals surface area contributed by atoms with Gasteiger partial charge in [-0.15, -0.1) is 0 Å². The Morgan fingerprint density at radius 3 is 2.33 bits per heavy atom. The first-order chi connectivity index (χ1) is 9.82. The van der Waals surface area contributed by atoms with E-state index in [1.54, 1.807) is 13.0 Å². The zero-order valence-corrected chi connectivity index (χ0v) is 13.4. The van der Waals surface area contributed by atoms with Crippen molar-refractivity contribution in [3.63, 3.8) is 0 Å². The summed E-state index contributed by atoms with van der Waals surface area (Å²) in [6, 6.07) is 8.00. The minimum absolute atomic E-state index is 0.0501. The molecular weight excluding hydrogens is 286 g/mol. The predicted molar refractivity (Wildman–Crippen MR) is 81.9 cm³/mol. The molecule has 0 aliphatic rings. The van der Waals surface area contributed by atoms with Gasteiger partial charge in [0.25, 0.3) is 0 Å². The van der Waals surface area contributed by atoms with Gasteiger partial charge in [0.1, 0.15) is 0 Å². The highest BCUT2D eigenvalue weighted by atomic mass is 32.2. The molecule has 1 heterocycles. The molecule has 5 heteroatoms. The number of aromatic nitrogens is 1. The van der Waals surface area contributed by atoms with Crippen LogP contribution in [-0.4, -0.2) is 18.4 Å². The summed E-state index contributed by atoms with van der Waals surface area (Å²) in [5, 5.41) is 9.65. The maximum atomic E-state index is 11.3. The van der Waals surface area contributed by atoms with Gasteiger partial charge in [-0.25, -0.2) is 0 Å². The van der Waals surface area contributed by atoms with Crippen molar-refractivity contribution in [3.05, 3.63) is 62.9 Å². The standard InChI is InChI=1S/C16H19NO3S/c1-10-5-6-14(11(2)9-10)12(3)15-7-8-17(18)16(13(15)4)21(19)20/h5-9,12,18H,1-4H3. The van der Waals surface area contributed by atoms with Crippen LogP contribution in [0.3, 0.4) is 0 Å². The summed E-state index contributed by atoms with van der Waals surface area (Å²) < 4.78 is 23.1. The fourth-order valence-electron chi connectivity index (χ4n) is 2.79. The number of pyridine rings is 1. The molecule has 1 unspecified atom stereocenters. The van der Waals surface area contributed by atoms with Gasteiger partial charge in [0, 0.05) is 12.1 Å². The summed E-state index contributed by atoms with van der Waals surface area (Å²) in [5.41, 5.74) is 4.99. The summed E-state index contributed by atoms with van der Waals surface area (Å²) in [6.45, 7) is 7.85. The second-order valence-electron chi connectivity index (χ2n) is 5.36. The zero-order valence-electron chi connectivity index (χ0n) is 12.6. The zero-order chi connectivity index (χ0) is 15.7. The van der Waals surface area contributed by atoms with E-state index in [1.807, 2.05) is 13.8 Å². The molecule has 0 amide bonds. The third kappa shape index (κ3) is 2.88. The Labute approximate surface area is 125 Å². The lowest BCUT2D eigenvalue weighted by atomic mass is 9.88. The van der Waals surface area contributed by atoms with Crippen LogP contribution in [0.4, 0.5) is 0 Å². The molecule has 0 saturated carbocycles. The maximum absolute atomic E-state index is 11.3. The van der Waals surface area contributed by atoms with Crippen LogP contribution in [0.1, 0.15) is 40.7 Å². The molecule has 1 aromatic heterocycles. The van der Waals surface area contributed by atoms with Crippen molar-refractivity contribution in [2.75, 3.05) is 0 Å². The molecule has 112 valence electrons. The van der Waals surface area contributed by atoms with Crippen LogP contribution in [0, 0.1) is 25.4 Å². The number of benzene rings is 1. The number of hydrogen-bond acceptors (Lipinski definition) is 3. The molecule has 1 N–H and O–H groups in total. The Morgan fingerprint density at radius 2 is 1.76 bits per heavy atom. The monoisotopic (exact) mass is 305 g/mol. The molecule has 1 aromatic carbocycles. The van der Waals surface area contributed by atoms with E-state index >= 15 is 0 Å². The van der Waals surface area contributed by atoms with Crippen molar-refractivity contribution in [1.82, 2.24) is 4.73 Å². The van der Waals surface area contributed by atoms with Crippen molar-refractivity contribution in [1.29, 1.82) is 0 Å². The van der Waals surface area contributed by atoms with Gasteiger partial charge in [-0.1, -0.05) is 30.7 Å². The number of hydrogen-bond donors (Lipinski definition) is 1. The van der Waals surface area contributed by atoms with Crippen molar-refractivity contribution in [3.8, 4) is 0 Å². The molecular formula is C16H19NO3S. The number of rotatable bonds is 2. The van der Waals surface area contributed by atoms with Gasteiger partial charge >= 0.3 is 0 Å². The lowest BCUT2D eigenvalue weighted by molar-refractivity contribution is 0.179. The second kappa shape index (κ2) is 5.77. The Kier molecular flexibility index (Phi) is 4.23. The van der Waals surface area contributed by atoms with Crippen molar-refractivity contribution >= 4 is 10.3 Å². The van der Waals surface area contributed by atoms with Gasteiger partial charge in [-0.3, -0.25) is 0 Å². The molecule has 1 atom stereocenters. The van der Waals surface area contributed by atoms with Gasteiger partial charge in [0.05, 0.1) is 0 Å². The molecule has 0 radical (unpaired) electrons. The van der Waals surface area contributed by atoms with E-state index in [0.717, 1.165) is 11.1 Å². The minimum atomic E-state index is -2.48. The van der Waals surface area contributed by atoms with Crippen LogP contribution in [0.25, 0.3) is 0 Å². The first kappa shape index (κ1) is 15.4. The number of aryl methyl sites for hydroxylation is 2. The Morgan fingerprint density at radius 1 is 1.10 bits per heavy atom. The lowest BCUT2D eigenvalue weighted by Gasteiger charge is -2.18. The third-order valence-electron chi connectivity index (χ3n) is 3.87. The summed E-state index contributed by atoms with van der Waals surface area (Å²) in [4.78, 5) is 0. The lowest BCUT2D eigenvalue weighted by Crippen LogP contribution is -2.06. The number of nitrogens with zero attached hydrogens (tertiary/aromatic N) is 1. The summed E-state index contributed by atoms with van der Waals surface area (Å²) in [7, 11) is -2.48. The molecule has 0 aliphatic carbocycles. The molecule has 0 fully saturated rings. The molecule has 0 aliphatic heterocycles. The largest absolute Gasteiger partial charge is 0.427 e. The summed E-state index contributed by atoms with van der Waals surface area (Å²) in [6.07, 6.45) is 1.37. The average Bonchev–Trinajstić information content (AvgIpc) is 2.37. The van der Waals surface area contributed by atoms with E-state index in [1.165, 1.54) is 17.3 Å². The van der Waals surface area contributed by atoms with Gasteiger partial charge < -0.3 is 5.21 Å². The van der Waals surface area contributed by atoms with Crippen LogP contribution < -0.4 is 0 Å². The SMILES string of the molecule is Cc1ccc(C(C)c2ccn(O)c(=S(=O)=O)c2C)c(C)c1. The maximum Gasteiger partial charge on any atom is 0.242 e. The van der Waals surface area contributed by atoms with Crippen LogP contribution in [-0.2, 0) is 10.3 Å². The average molecular weight is 305 g/mol. The van der Waals surface area contributed by atoms with E-state index in [-0.39, 0.29) is 10.6 Å². The molecule has 0 spiro atoms. The predicted octanol–water partition coefficient (Wildman–Crippen LogP) is 3.21. The van der Waals surface area contributed by atoms with Crippen molar-refractivity contribution < 1.29 is 13.6 Å². The van der Waals surface area contributed by atoms with Gasteiger partial charge in [-0.2, -0.15) is 13.1 Å². The van der Waals surface area contributed by atoms with Crippen molar-refractivity contribution in [2.24, 2.45) is 0 Å². The van der Waals surface area contributed by atoms with E-state index in [4.69, 9.17) is 0 Å². The Bertz CT molecular complexity index is 856. The minimum Gasteiger partial charge on any atom is -0.427 e.